The summed E-state index contributed by atoms with van der Waals surface area (Å²) in [6, 6.07) is 3.71. The van der Waals surface area contributed by atoms with E-state index in [1.165, 1.54) is 22.8 Å². The topological polar surface area (TPSA) is 140 Å². The number of nitrogen functional groups attached to an aromatic ring is 1. The van der Waals surface area contributed by atoms with Gasteiger partial charge in [0.2, 0.25) is 0 Å². The second-order valence-corrected chi connectivity index (χ2v) is 9.66. The molecule has 1 atom stereocenters. The average molecular weight is 504 g/mol. The number of amides is 1. The molecule has 0 aliphatic carbocycles. The molecule has 4 aromatic rings. The van der Waals surface area contributed by atoms with Crippen LogP contribution in [0.2, 0.25) is 0 Å². The van der Waals surface area contributed by atoms with Crippen LogP contribution in [0.3, 0.4) is 0 Å². The Labute approximate surface area is 211 Å². The molecular formula is C25H25N7O3S. The predicted molar refractivity (Wildman–Crippen MR) is 136 cm³/mol. The van der Waals surface area contributed by atoms with Crippen molar-refractivity contribution in [2.45, 2.75) is 39.2 Å². The van der Waals surface area contributed by atoms with Gasteiger partial charge < -0.3 is 15.7 Å². The first-order valence-electron chi connectivity index (χ1n) is 11.5. The van der Waals surface area contributed by atoms with Gasteiger partial charge in [0.25, 0.3) is 5.91 Å². The Balaban J connectivity index is 1.49. The fraction of sp³-hybridized carbons (Fsp3) is 0.280. The number of carbonyl (C=O) groups excluding carboxylic acids is 2. The highest BCUT2D eigenvalue weighted by atomic mass is 32.1. The molecule has 0 bridgehead atoms. The Hall–Kier alpha value is -3.96. The minimum Gasteiger partial charge on any atom is -0.387 e. The van der Waals surface area contributed by atoms with E-state index in [-0.39, 0.29) is 23.6 Å². The number of hydrogen-bond donors (Lipinski definition) is 2. The molecule has 1 aliphatic heterocycles. The van der Waals surface area contributed by atoms with Crippen molar-refractivity contribution in [3.05, 3.63) is 59.1 Å². The Morgan fingerprint density at radius 3 is 2.75 bits per heavy atom. The molecule has 0 saturated heterocycles. The number of carbonyl (C=O) groups is 2. The summed E-state index contributed by atoms with van der Waals surface area (Å²) in [4.78, 5) is 39.9. The summed E-state index contributed by atoms with van der Waals surface area (Å²) >= 11 is 1.52. The van der Waals surface area contributed by atoms with E-state index in [0.717, 1.165) is 27.4 Å². The molecule has 0 radical (unpaired) electrons. The van der Waals surface area contributed by atoms with Crippen LogP contribution in [0.25, 0.3) is 27.5 Å². The third-order valence-electron chi connectivity index (χ3n) is 6.28. The number of Topliss-reactive ketones (excluding diaryl/α,β-unsaturated/α-hetero) is 1. The first kappa shape index (κ1) is 23.8. The van der Waals surface area contributed by atoms with Crippen molar-refractivity contribution in [2.75, 3.05) is 12.3 Å². The van der Waals surface area contributed by atoms with E-state index in [4.69, 9.17) is 10.7 Å². The largest absolute Gasteiger partial charge is 0.387 e. The maximum absolute atomic E-state index is 12.5. The molecule has 36 heavy (non-hydrogen) atoms. The van der Waals surface area contributed by atoms with E-state index in [9.17, 15) is 14.7 Å². The molecule has 1 amide bonds. The quantitative estimate of drug-likeness (QED) is 0.367. The number of fused-ring (bicyclic) bond motifs is 1. The zero-order chi connectivity index (χ0) is 25.4. The highest BCUT2D eigenvalue weighted by Crippen LogP contribution is 2.31. The minimum absolute atomic E-state index is 0.115. The summed E-state index contributed by atoms with van der Waals surface area (Å²) in [5, 5.41) is 16.5. The van der Waals surface area contributed by atoms with Crippen LogP contribution in [0.1, 0.15) is 42.7 Å². The molecule has 10 nitrogen and oxygen atoms in total. The number of nitrogens with two attached hydrogens (primary N) is 1. The van der Waals surface area contributed by atoms with Gasteiger partial charge in [-0.3, -0.25) is 14.6 Å². The summed E-state index contributed by atoms with van der Waals surface area (Å²) in [6.45, 7) is 2.86. The third-order valence-corrected chi connectivity index (χ3v) is 7.08. The number of aromatic nitrogens is 5. The van der Waals surface area contributed by atoms with Crippen LogP contribution < -0.4 is 5.73 Å². The fourth-order valence-corrected chi connectivity index (χ4v) is 5.24. The summed E-state index contributed by atoms with van der Waals surface area (Å²) in [6.07, 6.45) is 8.63. The van der Waals surface area contributed by atoms with Crippen molar-refractivity contribution < 1.29 is 14.7 Å². The van der Waals surface area contributed by atoms with E-state index in [1.54, 1.807) is 29.7 Å². The fourth-order valence-electron chi connectivity index (χ4n) is 4.63. The van der Waals surface area contributed by atoms with Crippen molar-refractivity contribution >= 4 is 34.5 Å². The van der Waals surface area contributed by atoms with Gasteiger partial charge in [-0.25, -0.2) is 9.97 Å². The van der Waals surface area contributed by atoms with Gasteiger partial charge in [-0.2, -0.15) is 9.61 Å². The summed E-state index contributed by atoms with van der Waals surface area (Å²) in [5.74, 6) is -0.323. The second kappa shape index (κ2) is 9.59. The van der Waals surface area contributed by atoms with E-state index in [2.05, 4.69) is 15.1 Å². The van der Waals surface area contributed by atoms with Gasteiger partial charge in [0.15, 0.2) is 11.4 Å². The number of pyridine rings is 1. The zero-order valence-corrected chi connectivity index (χ0v) is 20.7. The molecule has 5 heterocycles. The first-order valence-corrected chi connectivity index (χ1v) is 12.4. The molecular weight excluding hydrogens is 478 g/mol. The molecule has 0 spiro atoms. The van der Waals surface area contributed by atoms with Gasteiger partial charge in [-0.05, 0) is 39.2 Å². The maximum Gasteiger partial charge on any atom is 0.252 e. The van der Waals surface area contributed by atoms with E-state index in [0.29, 0.717) is 36.2 Å². The van der Waals surface area contributed by atoms with Crippen molar-refractivity contribution in [3.8, 4) is 21.8 Å². The molecule has 1 unspecified atom stereocenters. The van der Waals surface area contributed by atoms with Gasteiger partial charge in [0.1, 0.15) is 17.4 Å². The van der Waals surface area contributed by atoms with E-state index < -0.39 is 6.61 Å². The van der Waals surface area contributed by atoms with Gasteiger partial charge in [0, 0.05) is 41.1 Å². The molecule has 5 rings (SSSR count). The number of thiazole rings is 1. The SMILES string of the molecule is CC(=O)c1c(CCC2CC(C)=CN2C(=O)CO)nc2c(-c3ccc(-c4nccs4)nc3)cnn2c1N. The number of hydrogen-bond acceptors (Lipinski definition) is 9. The molecule has 4 aromatic heterocycles. The molecule has 184 valence electrons. The van der Waals surface area contributed by atoms with Crippen LogP contribution in [-0.4, -0.2) is 58.9 Å². The maximum atomic E-state index is 12.5. The summed E-state index contributed by atoms with van der Waals surface area (Å²) in [7, 11) is 0. The van der Waals surface area contributed by atoms with E-state index in [1.807, 2.05) is 24.4 Å². The number of aryl methyl sites for hydroxylation is 1. The summed E-state index contributed by atoms with van der Waals surface area (Å²) < 4.78 is 1.48. The molecule has 0 aromatic carbocycles. The number of aliphatic hydroxyl groups excluding tert-OH is 1. The van der Waals surface area contributed by atoms with Crippen LogP contribution in [0.15, 0.2) is 47.9 Å². The lowest BCUT2D eigenvalue weighted by Crippen LogP contribution is -2.35. The standard InChI is InChI=1S/C25H25N7O3S/c1-14-9-17(31(12-14)21(35)13-33)4-6-19-22(15(2)34)23(26)32-24(30-19)18(11-29-32)16-3-5-20(28-10-16)25-27-7-8-36-25/h3,5,7-8,10-12,17,33H,4,6,9,13,26H2,1-2H3. The minimum atomic E-state index is -0.551. The van der Waals surface area contributed by atoms with Gasteiger partial charge in [0.05, 0.1) is 23.1 Å². The number of rotatable bonds is 7. The molecule has 0 fully saturated rings. The normalized spacial score (nSPS) is 15.5. The monoisotopic (exact) mass is 503 g/mol. The van der Waals surface area contributed by atoms with Crippen LogP contribution in [0, 0.1) is 0 Å². The van der Waals surface area contributed by atoms with Gasteiger partial charge in [-0.15, -0.1) is 11.3 Å². The van der Waals surface area contributed by atoms with Gasteiger partial charge >= 0.3 is 0 Å². The average Bonchev–Trinajstić information content (AvgIpc) is 3.62. The van der Waals surface area contributed by atoms with Crippen LogP contribution >= 0.6 is 11.3 Å². The van der Waals surface area contributed by atoms with Crippen molar-refractivity contribution in [3.63, 3.8) is 0 Å². The second-order valence-electron chi connectivity index (χ2n) is 8.77. The lowest BCUT2D eigenvalue weighted by atomic mass is 10.0. The Morgan fingerprint density at radius 1 is 1.25 bits per heavy atom. The molecule has 11 heteroatoms. The van der Waals surface area contributed by atoms with Crippen molar-refractivity contribution in [1.82, 2.24) is 29.5 Å². The number of aliphatic hydroxyl groups is 1. The highest BCUT2D eigenvalue weighted by molar-refractivity contribution is 7.13. The molecule has 3 N–H and O–H groups in total. The third kappa shape index (κ3) is 4.27. The Bertz CT molecular complexity index is 1480. The van der Waals surface area contributed by atoms with Crippen LogP contribution in [0.5, 0.6) is 0 Å². The van der Waals surface area contributed by atoms with Crippen LogP contribution in [0.4, 0.5) is 5.82 Å². The number of nitrogens with zero attached hydrogens (tertiary/aromatic N) is 6. The predicted octanol–water partition coefficient (Wildman–Crippen LogP) is 3.13. The molecule has 0 saturated carbocycles. The van der Waals surface area contributed by atoms with E-state index >= 15 is 0 Å². The Morgan fingerprint density at radius 2 is 2.08 bits per heavy atom. The lowest BCUT2D eigenvalue weighted by molar-refractivity contribution is -0.133. The van der Waals surface area contributed by atoms with Crippen molar-refractivity contribution in [2.24, 2.45) is 0 Å². The van der Waals surface area contributed by atoms with Crippen molar-refractivity contribution in [1.29, 1.82) is 0 Å². The highest BCUT2D eigenvalue weighted by Gasteiger charge is 2.28. The lowest BCUT2D eigenvalue weighted by Gasteiger charge is -2.23. The summed E-state index contributed by atoms with van der Waals surface area (Å²) in [5.41, 5.74) is 11.2. The van der Waals surface area contributed by atoms with Crippen LogP contribution in [-0.2, 0) is 11.2 Å². The van der Waals surface area contributed by atoms with Gasteiger partial charge in [-0.1, -0.05) is 11.6 Å². The Kier molecular flexibility index (Phi) is 6.33. The zero-order valence-electron chi connectivity index (χ0n) is 19.9. The number of ketones is 1. The number of anilines is 1. The molecule has 1 aliphatic rings. The first-order chi connectivity index (χ1) is 17.4. The smallest absolute Gasteiger partial charge is 0.252 e.